The van der Waals surface area contributed by atoms with Crippen molar-refractivity contribution in [3.8, 4) is 77.9 Å². The van der Waals surface area contributed by atoms with Crippen LogP contribution in [0.3, 0.4) is 0 Å². The first-order valence-electron chi connectivity index (χ1n) is 20.2. The quantitative estimate of drug-likeness (QED) is 0.158. The van der Waals surface area contributed by atoms with Crippen LogP contribution in [0.5, 0.6) is 0 Å². The molecule has 0 radical (unpaired) electrons. The van der Waals surface area contributed by atoms with Crippen molar-refractivity contribution in [2.24, 2.45) is 0 Å². The highest BCUT2D eigenvalue weighted by Gasteiger charge is 2.44. The van der Waals surface area contributed by atoms with Crippen LogP contribution in [-0.4, -0.2) is 6.71 Å². The van der Waals surface area contributed by atoms with E-state index in [0.717, 1.165) is 0 Å². The lowest BCUT2D eigenvalue weighted by Gasteiger charge is -2.40. The summed E-state index contributed by atoms with van der Waals surface area (Å²) in [6.07, 6.45) is 0. The van der Waals surface area contributed by atoms with Crippen LogP contribution in [0.2, 0.25) is 0 Å². The van der Waals surface area contributed by atoms with Crippen LogP contribution in [0, 0.1) is 0 Å². The normalized spacial score (nSPS) is 12.7. The Morgan fingerprint density at radius 1 is 0.259 bits per heavy atom. The minimum atomic E-state index is 0.132. The Morgan fingerprint density at radius 3 is 1.12 bits per heavy atom. The second-order valence-corrected chi connectivity index (χ2v) is 16.9. The van der Waals surface area contributed by atoms with Crippen molar-refractivity contribution in [2.75, 3.05) is 0 Å². The maximum Gasteiger partial charge on any atom is 0.247 e. The largest absolute Gasteiger partial charge is 0.247 e. The Bertz CT molecular complexity index is 3150. The molecule has 2 heteroatoms. The Labute approximate surface area is 342 Å². The molecule has 0 saturated heterocycles. The average Bonchev–Trinajstić information content (AvgIpc) is 3.30. The predicted molar refractivity (Wildman–Crippen MR) is 248 cm³/mol. The van der Waals surface area contributed by atoms with Crippen LogP contribution in [0.4, 0.5) is 0 Å². The predicted octanol–water partition coefficient (Wildman–Crippen LogP) is 13.3. The molecule has 266 valence electrons. The molecule has 0 bridgehead atoms. The number of fused-ring (bicyclic) bond motifs is 2. The van der Waals surface area contributed by atoms with Crippen molar-refractivity contribution < 1.29 is 0 Å². The first-order chi connectivity index (χ1) is 28.8. The lowest BCUT2D eigenvalue weighted by atomic mass is 9.30. The summed E-state index contributed by atoms with van der Waals surface area (Å²) in [6.45, 7) is 0.132. The van der Waals surface area contributed by atoms with Crippen LogP contribution < -0.4 is 16.4 Å². The molecule has 10 aromatic carbocycles. The number of rotatable bonds is 5. The second-order valence-electron chi connectivity index (χ2n) is 15.8. The zero-order valence-electron chi connectivity index (χ0n) is 31.5. The third-order valence-electron chi connectivity index (χ3n) is 12.9. The molecule has 0 N–H and O–H groups in total. The Morgan fingerprint density at radius 2 is 0.655 bits per heavy atom. The molecule has 10 aromatic rings. The van der Waals surface area contributed by atoms with Crippen LogP contribution >= 0.6 is 11.8 Å². The monoisotopic (exact) mass is 748 g/mol. The van der Waals surface area contributed by atoms with Crippen LogP contribution in [0.1, 0.15) is 0 Å². The summed E-state index contributed by atoms with van der Waals surface area (Å²) in [5.74, 6) is 0. The maximum absolute atomic E-state index is 2.53. The summed E-state index contributed by atoms with van der Waals surface area (Å²) in [5, 5.41) is 5.44. The topological polar surface area (TPSA) is 0 Å². The molecule has 3 aliphatic heterocycles. The van der Waals surface area contributed by atoms with Gasteiger partial charge >= 0.3 is 0 Å². The van der Waals surface area contributed by atoms with Crippen molar-refractivity contribution >= 4 is 56.4 Å². The fraction of sp³-hybridized carbons (Fsp3) is 0. The molecule has 3 heterocycles. The second kappa shape index (κ2) is 12.3. The standard InChI is InChI=1S/C56H33BS/c1-4-16-34(17-5-1)37-30-48-44-28-14-26-42-46(40-24-12-10-22-38(40)35-18-6-2-7-19-35)32-50-55(52(42)44)57-54(48)49(31-37)45-29-15-27-43-47(33-51(58-50)56(57)53(43)45)41-25-13-11-23-39(41)36-20-8-3-9-21-36/h1-33H. The molecule has 0 unspecified atom stereocenters. The highest BCUT2D eigenvalue weighted by Crippen LogP contribution is 2.51. The van der Waals surface area contributed by atoms with E-state index in [4.69, 9.17) is 0 Å². The van der Waals surface area contributed by atoms with Crippen LogP contribution in [0.15, 0.2) is 210 Å². The molecular formula is C56H33BS. The van der Waals surface area contributed by atoms with Gasteiger partial charge in [-0.25, -0.2) is 0 Å². The number of hydrogen-bond acceptors (Lipinski definition) is 1. The molecule has 58 heavy (non-hydrogen) atoms. The van der Waals surface area contributed by atoms with E-state index in [-0.39, 0.29) is 6.71 Å². The SMILES string of the molecule is c1ccc(-c2cc3c4c(c2)-c2cccc5c(-c6ccccc6-c6ccccc6)cc6c(c25)B4c2c(cc(-c4ccccc4-c4ccccc4)c4cccc-3c24)S6)cc1. The molecule has 0 aliphatic carbocycles. The molecule has 0 spiro atoms. The van der Waals surface area contributed by atoms with Gasteiger partial charge in [-0.1, -0.05) is 193 Å². The fourth-order valence-electron chi connectivity index (χ4n) is 10.5. The van der Waals surface area contributed by atoms with Crippen molar-refractivity contribution in [2.45, 2.75) is 9.79 Å². The average molecular weight is 749 g/mol. The Kier molecular flexibility index (Phi) is 6.85. The van der Waals surface area contributed by atoms with Gasteiger partial charge in [0.2, 0.25) is 6.71 Å². The molecule has 0 fully saturated rings. The molecule has 0 aromatic heterocycles. The molecule has 0 amide bonds. The van der Waals surface area contributed by atoms with E-state index in [0.29, 0.717) is 0 Å². The van der Waals surface area contributed by atoms with Gasteiger partial charge < -0.3 is 0 Å². The molecular weight excluding hydrogens is 715 g/mol. The fourth-order valence-corrected chi connectivity index (χ4v) is 11.8. The zero-order valence-corrected chi connectivity index (χ0v) is 32.4. The third kappa shape index (κ3) is 4.50. The van der Waals surface area contributed by atoms with Gasteiger partial charge in [-0.2, -0.15) is 0 Å². The van der Waals surface area contributed by atoms with E-state index in [1.165, 1.54) is 126 Å². The van der Waals surface area contributed by atoms with Gasteiger partial charge in [0.25, 0.3) is 0 Å². The first-order valence-corrected chi connectivity index (χ1v) is 21.0. The highest BCUT2D eigenvalue weighted by atomic mass is 32.2. The van der Waals surface area contributed by atoms with Gasteiger partial charge in [0.1, 0.15) is 0 Å². The van der Waals surface area contributed by atoms with E-state index in [1.54, 1.807) is 0 Å². The first kappa shape index (κ1) is 32.2. The van der Waals surface area contributed by atoms with E-state index in [9.17, 15) is 0 Å². The van der Waals surface area contributed by atoms with Crippen molar-refractivity contribution in [1.82, 2.24) is 0 Å². The van der Waals surface area contributed by atoms with Gasteiger partial charge in [0.05, 0.1) is 0 Å². The van der Waals surface area contributed by atoms with Crippen LogP contribution in [-0.2, 0) is 0 Å². The number of benzene rings is 10. The Hall–Kier alpha value is -6.87. The van der Waals surface area contributed by atoms with Gasteiger partial charge in [-0.3, -0.25) is 0 Å². The minimum Gasteiger partial charge on any atom is -0.0911 e. The Balaban J connectivity index is 1.17. The third-order valence-corrected chi connectivity index (χ3v) is 14.0. The maximum atomic E-state index is 2.53. The summed E-state index contributed by atoms with van der Waals surface area (Å²) in [4.78, 5) is 2.72. The zero-order chi connectivity index (χ0) is 37.9. The van der Waals surface area contributed by atoms with Gasteiger partial charge in [0, 0.05) is 9.79 Å². The smallest absolute Gasteiger partial charge is 0.0911 e. The summed E-state index contributed by atoms with van der Waals surface area (Å²) in [6, 6.07) is 74.8. The van der Waals surface area contributed by atoms with Gasteiger partial charge in [-0.15, -0.1) is 0 Å². The lowest BCUT2D eigenvalue weighted by Crippen LogP contribution is -2.60. The van der Waals surface area contributed by atoms with Gasteiger partial charge in [-0.05, 0) is 135 Å². The number of hydrogen-bond donors (Lipinski definition) is 0. The molecule has 0 atom stereocenters. The van der Waals surface area contributed by atoms with Crippen molar-refractivity contribution in [3.05, 3.63) is 200 Å². The van der Waals surface area contributed by atoms with Gasteiger partial charge in [0.15, 0.2) is 0 Å². The molecule has 13 rings (SSSR count). The van der Waals surface area contributed by atoms with E-state index >= 15 is 0 Å². The van der Waals surface area contributed by atoms with Crippen LogP contribution in [0.25, 0.3) is 99.4 Å². The minimum absolute atomic E-state index is 0.132. The molecule has 0 nitrogen and oxygen atoms in total. The summed E-state index contributed by atoms with van der Waals surface area (Å²) in [7, 11) is 0. The van der Waals surface area contributed by atoms with E-state index < -0.39 is 0 Å². The highest BCUT2D eigenvalue weighted by molar-refractivity contribution is 8.00. The molecule has 3 aliphatic rings. The summed E-state index contributed by atoms with van der Waals surface area (Å²) in [5.41, 5.74) is 22.4. The lowest BCUT2D eigenvalue weighted by molar-refractivity contribution is 1.44. The molecule has 0 saturated carbocycles. The van der Waals surface area contributed by atoms with Crippen molar-refractivity contribution in [3.63, 3.8) is 0 Å². The summed E-state index contributed by atoms with van der Waals surface area (Å²) < 4.78 is 0. The summed E-state index contributed by atoms with van der Waals surface area (Å²) >= 11 is 1.98. The van der Waals surface area contributed by atoms with E-state index in [2.05, 4.69) is 200 Å². The van der Waals surface area contributed by atoms with E-state index in [1.807, 2.05) is 11.8 Å². The van der Waals surface area contributed by atoms with Crippen molar-refractivity contribution in [1.29, 1.82) is 0 Å².